The molecule has 0 aromatic carbocycles. The van der Waals surface area contributed by atoms with Crippen molar-refractivity contribution in [2.24, 2.45) is 0 Å². The van der Waals surface area contributed by atoms with Crippen molar-refractivity contribution < 1.29 is 9.53 Å². The maximum Gasteiger partial charge on any atom is 0.310 e. The van der Waals surface area contributed by atoms with Crippen molar-refractivity contribution in [1.29, 1.82) is 0 Å². The third-order valence-electron chi connectivity index (χ3n) is 1.58. The van der Waals surface area contributed by atoms with E-state index in [9.17, 15) is 4.79 Å². The van der Waals surface area contributed by atoms with Crippen LogP contribution in [0.15, 0.2) is 12.5 Å². The van der Waals surface area contributed by atoms with Gasteiger partial charge >= 0.3 is 5.97 Å². The number of aromatic nitrogens is 2. The number of rotatable bonds is 2. The van der Waals surface area contributed by atoms with Gasteiger partial charge in [0, 0.05) is 17.5 Å². The number of hydrogen-bond acceptors (Lipinski definition) is 4. The Morgan fingerprint density at radius 2 is 2.42 bits per heavy atom. The van der Waals surface area contributed by atoms with E-state index in [2.05, 4.69) is 14.7 Å². The highest BCUT2D eigenvalue weighted by Gasteiger charge is 2.05. The molecule has 1 aromatic heterocycles. The van der Waals surface area contributed by atoms with Crippen LogP contribution in [0.2, 0.25) is 0 Å². The van der Waals surface area contributed by atoms with Crippen LogP contribution in [0.5, 0.6) is 0 Å². The molecule has 0 spiro atoms. The molecule has 0 amide bonds. The number of hydrogen-bond donors (Lipinski definition) is 0. The number of esters is 1. The number of carbonyl (C=O) groups is 1. The zero-order valence-electron chi connectivity index (χ0n) is 7.07. The Morgan fingerprint density at radius 3 is 3.00 bits per heavy atom. The molecule has 1 heterocycles. The van der Waals surface area contributed by atoms with Gasteiger partial charge in [-0.2, -0.15) is 0 Å². The lowest BCUT2D eigenvalue weighted by molar-refractivity contribution is -0.139. The van der Waals surface area contributed by atoms with Gasteiger partial charge in [-0.1, -0.05) is 0 Å². The molecular formula is C8H10N2O2. The van der Waals surface area contributed by atoms with E-state index in [4.69, 9.17) is 0 Å². The molecule has 0 bridgehead atoms. The minimum absolute atomic E-state index is 0.239. The fourth-order valence-electron chi connectivity index (χ4n) is 0.821. The van der Waals surface area contributed by atoms with Gasteiger partial charge in [-0.25, -0.2) is 9.97 Å². The number of methoxy groups -OCH3 is 1. The predicted octanol–water partition coefficient (Wildman–Crippen LogP) is 0.501. The summed E-state index contributed by atoms with van der Waals surface area (Å²) >= 11 is 0. The maximum atomic E-state index is 10.9. The second-order valence-corrected chi connectivity index (χ2v) is 2.39. The molecule has 0 N–H and O–H groups in total. The Morgan fingerprint density at radius 1 is 1.67 bits per heavy atom. The van der Waals surface area contributed by atoms with E-state index < -0.39 is 0 Å². The average Bonchev–Trinajstić information content (AvgIpc) is 2.09. The lowest BCUT2D eigenvalue weighted by Crippen LogP contribution is -2.06. The molecule has 0 aliphatic carbocycles. The van der Waals surface area contributed by atoms with Gasteiger partial charge in [0.1, 0.15) is 6.33 Å². The van der Waals surface area contributed by atoms with Crippen LogP contribution in [0.3, 0.4) is 0 Å². The summed E-state index contributed by atoms with van der Waals surface area (Å²) in [5, 5.41) is 0. The third kappa shape index (κ3) is 2.02. The molecular weight excluding hydrogens is 156 g/mol. The summed E-state index contributed by atoms with van der Waals surface area (Å²) in [5.41, 5.74) is 1.62. The lowest BCUT2D eigenvalue weighted by Gasteiger charge is -2.00. The molecule has 1 rings (SSSR count). The molecule has 0 atom stereocenters. The molecule has 0 saturated carbocycles. The smallest absolute Gasteiger partial charge is 0.310 e. The zero-order valence-corrected chi connectivity index (χ0v) is 7.07. The fraction of sp³-hybridized carbons (Fsp3) is 0.375. The summed E-state index contributed by atoms with van der Waals surface area (Å²) in [6.07, 6.45) is 3.32. The molecule has 64 valence electrons. The van der Waals surface area contributed by atoms with Crippen LogP contribution in [0.4, 0.5) is 0 Å². The average molecular weight is 166 g/mol. The molecule has 0 saturated heterocycles. The summed E-state index contributed by atoms with van der Waals surface area (Å²) < 4.78 is 4.51. The second-order valence-electron chi connectivity index (χ2n) is 2.39. The fourth-order valence-corrected chi connectivity index (χ4v) is 0.821. The molecule has 0 radical (unpaired) electrons. The molecule has 12 heavy (non-hydrogen) atoms. The van der Waals surface area contributed by atoms with Crippen molar-refractivity contribution in [2.45, 2.75) is 13.3 Å². The Balaban J connectivity index is 2.75. The highest BCUT2D eigenvalue weighted by atomic mass is 16.5. The van der Waals surface area contributed by atoms with Crippen LogP contribution in [-0.4, -0.2) is 23.0 Å². The number of aryl methyl sites for hydroxylation is 1. The molecule has 4 heteroatoms. The van der Waals surface area contributed by atoms with E-state index in [0.717, 1.165) is 11.3 Å². The second kappa shape index (κ2) is 3.80. The van der Waals surface area contributed by atoms with Crippen molar-refractivity contribution in [3.63, 3.8) is 0 Å². The lowest BCUT2D eigenvalue weighted by atomic mass is 10.2. The summed E-state index contributed by atoms with van der Waals surface area (Å²) in [5.74, 6) is -0.270. The Bertz CT molecular complexity index is 286. The first-order valence-corrected chi connectivity index (χ1v) is 3.56. The van der Waals surface area contributed by atoms with Gasteiger partial charge in [0.15, 0.2) is 0 Å². The van der Waals surface area contributed by atoms with Crippen molar-refractivity contribution in [3.8, 4) is 0 Å². The highest BCUT2D eigenvalue weighted by molar-refractivity contribution is 5.72. The topological polar surface area (TPSA) is 52.1 Å². The maximum absolute atomic E-state index is 10.9. The molecule has 0 unspecified atom stereocenters. The Kier molecular flexibility index (Phi) is 2.74. The Hall–Kier alpha value is -1.45. The molecule has 4 nitrogen and oxygen atoms in total. The van der Waals surface area contributed by atoms with Gasteiger partial charge < -0.3 is 4.74 Å². The van der Waals surface area contributed by atoms with Gasteiger partial charge in [-0.05, 0) is 6.92 Å². The normalized spacial score (nSPS) is 9.50. The molecule has 0 aliphatic rings. The van der Waals surface area contributed by atoms with E-state index in [1.54, 1.807) is 6.20 Å². The van der Waals surface area contributed by atoms with Gasteiger partial charge in [-0.3, -0.25) is 4.79 Å². The van der Waals surface area contributed by atoms with Gasteiger partial charge in [0.2, 0.25) is 0 Å². The minimum atomic E-state index is -0.270. The van der Waals surface area contributed by atoms with Crippen LogP contribution < -0.4 is 0 Å². The predicted molar refractivity (Wildman–Crippen MR) is 42.5 cm³/mol. The molecule has 1 aromatic rings. The summed E-state index contributed by atoms with van der Waals surface area (Å²) in [6, 6.07) is 0. The molecule has 0 fully saturated rings. The summed E-state index contributed by atoms with van der Waals surface area (Å²) in [4.78, 5) is 18.6. The van der Waals surface area contributed by atoms with Crippen molar-refractivity contribution in [3.05, 3.63) is 23.8 Å². The van der Waals surface area contributed by atoms with Gasteiger partial charge in [0.05, 0.1) is 13.5 Å². The van der Waals surface area contributed by atoms with Crippen LogP contribution >= 0.6 is 0 Å². The van der Waals surface area contributed by atoms with E-state index in [1.165, 1.54) is 13.4 Å². The largest absolute Gasteiger partial charge is 0.469 e. The van der Waals surface area contributed by atoms with Crippen LogP contribution in [-0.2, 0) is 16.0 Å². The van der Waals surface area contributed by atoms with Crippen LogP contribution in [0, 0.1) is 6.92 Å². The van der Waals surface area contributed by atoms with Crippen LogP contribution in [0.25, 0.3) is 0 Å². The van der Waals surface area contributed by atoms with E-state index in [0.29, 0.717) is 0 Å². The first-order valence-electron chi connectivity index (χ1n) is 3.56. The summed E-state index contributed by atoms with van der Waals surface area (Å²) in [6.45, 7) is 1.83. The van der Waals surface area contributed by atoms with E-state index >= 15 is 0 Å². The van der Waals surface area contributed by atoms with Crippen LogP contribution in [0.1, 0.15) is 11.3 Å². The van der Waals surface area contributed by atoms with Gasteiger partial charge in [-0.15, -0.1) is 0 Å². The monoisotopic (exact) mass is 166 g/mol. The van der Waals surface area contributed by atoms with Crippen molar-refractivity contribution in [1.82, 2.24) is 9.97 Å². The zero-order chi connectivity index (χ0) is 8.97. The summed E-state index contributed by atoms with van der Waals surface area (Å²) in [7, 11) is 1.36. The third-order valence-corrected chi connectivity index (χ3v) is 1.58. The highest BCUT2D eigenvalue weighted by Crippen LogP contribution is 2.02. The first kappa shape index (κ1) is 8.64. The SMILES string of the molecule is COC(=O)Cc1cncnc1C. The first-order chi connectivity index (χ1) is 5.74. The Labute approximate surface area is 70.6 Å². The van der Waals surface area contributed by atoms with Crippen molar-refractivity contribution in [2.75, 3.05) is 7.11 Å². The van der Waals surface area contributed by atoms with Crippen molar-refractivity contribution >= 4 is 5.97 Å². The standard InChI is InChI=1S/C8H10N2O2/c1-6-7(3-8(11)12-2)4-9-5-10-6/h4-5H,3H2,1-2H3. The van der Waals surface area contributed by atoms with Gasteiger partial charge in [0.25, 0.3) is 0 Å². The number of ether oxygens (including phenoxy) is 1. The quantitative estimate of drug-likeness (QED) is 0.600. The minimum Gasteiger partial charge on any atom is -0.469 e. The number of carbonyl (C=O) groups excluding carboxylic acids is 1. The molecule has 0 aliphatic heterocycles. The van der Waals surface area contributed by atoms with E-state index in [1.807, 2.05) is 6.92 Å². The number of nitrogens with zero attached hydrogens (tertiary/aromatic N) is 2. The van der Waals surface area contributed by atoms with E-state index in [-0.39, 0.29) is 12.4 Å².